The molecule has 7 heteroatoms. The van der Waals surface area contributed by atoms with Crippen LogP contribution >= 0.6 is 0 Å². The molecule has 196 valence electrons. The van der Waals surface area contributed by atoms with E-state index in [1.54, 1.807) is 36.4 Å². The van der Waals surface area contributed by atoms with E-state index >= 15 is 0 Å². The van der Waals surface area contributed by atoms with Crippen LogP contribution in [-0.4, -0.2) is 39.8 Å². The van der Waals surface area contributed by atoms with Crippen molar-refractivity contribution in [3.05, 3.63) is 76.6 Å². The molecule has 1 aliphatic heterocycles. The van der Waals surface area contributed by atoms with Crippen molar-refractivity contribution < 1.29 is 29.3 Å². The average molecular weight is 508 g/mol. The van der Waals surface area contributed by atoms with Gasteiger partial charge in [0.2, 0.25) is 11.8 Å². The highest BCUT2D eigenvalue weighted by Gasteiger charge is 2.55. The summed E-state index contributed by atoms with van der Waals surface area (Å²) in [6.07, 6.45) is 2.13. The van der Waals surface area contributed by atoms with Gasteiger partial charge in [0, 0.05) is 5.92 Å². The molecule has 0 saturated carbocycles. The van der Waals surface area contributed by atoms with Crippen molar-refractivity contribution in [3.8, 4) is 5.75 Å². The number of allylic oxidation sites excluding steroid dienone is 2. The van der Waals surface area contributed by atoms with Crippen molar-refractivity contribution in [2.24, 2.45) is 23.7 Å². The highest BCUT2D eigenvalue weighted by Crippen LogP contribution is 2.48. The number of phenolic OH excluding ortho intramolecular Hbond substituents is 1. The van der Waals surface area contributed by atoms with Crippen LogP contribution in [0.3, 0.4) is 0 Å². The number of amides is 2. The Morgan fingerprint density at radius 3 is 2.46 bits per heavy atom. The molecule has 1 fully saturated rings. The fourth-order valence-corrected chi connectivity index (χ4v) is 5.77. The molecule has 2 aromatic carbocycles. The lowest BCUT2D eigenvalue weighted by Gasteiger charge is -2.38. The number of aromatic hydroxyl groups is 1. The number of hydrogen-bond donors (Lipinski definition) is 3. The second-order valence-electron chi connectivity index (χ2n) is 10.4. The van der Waals surface area contributed by atoms with Crippen molar-refractivity contribution >= 4 is 23.6 Å². The number of para-hydroxylation sites is 1. The summed E-state index contributed by atoms with van der Waals surface area (Å²) in [5.41, 5.74) is 3.62. The SMILES string of the molecule is C/C(=C\c1ccc(O)c(F)c1)CC[C@@H](O)C1=C(C(C)C)C[C@H]2C(=O)N(c3ccccc3)C(=O)[C@H]2[C@H]1CO. The molecule has 37 heavy (non-hydrogen) atoms. The van der Waals surface area contributed by atoms with E-state index in [4.69, 9.17) is 0 Å². The molecule has 1 saturated heterocycles. The highest BCUT2D eigenvalue weighted by atomic mass is 19.1. The number of hydrogen-bond acceptors (Lipinski definition) is 5. The smallest absolute Gasteiger partial charge is 0.238 e. The van der Waals surface area contributed by atoms with E-state index in [1.165, 1.54) is 17.0 Å². The van der Waals surface area contributed by atoms with E-state index in [1.807, 2.05) is 26.8 Å². The van der Waals surface area contributed by atoms with Gasteiger partial charge in [-0.2, -0.15) is 0 Å². The molecule has 2 aliphatic rings. The van der Waals surface area contributed by atoms with Gasteiger partial charge in [-0.25, -0.2) is 4.39 Å². The number of imide groups is 1. The van der Waals surface area contributed by atoms with E-state index in [0.717, 1.165) is 11.1 Å². The Morgan fingerprint density at radius 1 is 1.14 bits per heavy atom. The topological polar surface area (TPSA) is 98.1 Å². The molecule has 1 aliphatic carbocycles. The van der Waals surface area contributed by atoms with Crippen LogP contribution in [0.5, 0.6) is 5.75 Å². The fourth-order valence-electron chi connectivity index (χ4n) is 5.77. The largest absolute Gasteiger partial charge is 0.505 e. The maximum absolute atomic E-state index is 13.7. The molecular weight excluding hydrogens is 473 g/mol. The molecule has 6 nitrogen and oxygen atoms in total. The van der Waals surface area contributed by atoms with Gasteiger partial charge in [-0.15, -0.1) is 0 Å². The molecule has 0 spiro atoms. The van der Waals surface area contributed by atoms with E-state index < -0.39 is 35.4 Å². The quantitative estimate of drug-likeness (QED) is 0.351. The monoisotopic (exact) mass is 507 g/mol. The number of aliphatic hydroxyl groups is 2. The van der Waals surface area contributed by atoms with Crippen LogP contribution in [0, 0.1) is 29.5 Å². The molecule has 1 heterocycles. The van der Waals surface area contributed by atoms with Gasteiger partial charge >= 0.3 is 0 Å². The number of halogens is 1. The number of fused-ring (bicyclic) bond motifs is 1. The average Bonchev–Trinajstić information content (AvgIpc) is 3.13. The van der Waals surface area contributed by atoms with E-state index in [9.17, 15) is 29.3 Å². The summed E-state index contributed by atoms with van der Waals surface area (Å²) in [5.74, 6) is -3.60. The second kappa shape index (κ2) is 11.0. The minimum atomic E-state index is -0.899. The summed E-state index contributed by atoms with van der Waals surface area (Å²) in [5, 5.41) is 31.2. The number of rotatable bonds is 8. The first-order valence-corrected chi connectivity index (χ1v) is 12.7. The van der Waals surface area contributed by atoms with Crippen molar-refractivity contribution in [2.75, 3.05) is 11.5 Å². The number of nitrogens with zero attached hydrogens (tertiary/aromatic N) is 1. The van der Waals surface area contributed by atoms with Crippen molar-refractivity contribution in [1.82, 2.24) is 0 Å². The maximum Gasteiger partial charge on any atom is 0.238 e. The first-order chi connectivity index (χ1) is 17.6. The summed E-state index contributed by atoms with van der Waals surface area (Å²) in [6, 6.07) is 13.0. The molecule has 0 unspecified atom stereocenters. The zero-order chi connectivity index (χ0) is 26.9. The van der Waals surface area contributed by atoms with Crippen LogP contribution in [0.1, 0.15) is 45.6 Å². The predicted molar refractivity (Wildman–Crippen MR) is 140 cm³/mol. The minimum Gasteiger partial charge on any atom is -0.505 e. The van der Waals surface area contributed by atoms with Gasteiger partial charge in [-0.1, -0.05) is 55.3 Å². The zero-order valence-corrected chi connectivity index (χ0v) is 21.4. The molecule has 2 aromatic rings. The van der Waals surface area contributed by atoms with Gasteiger partial charge in [0.25, 0.3) is 0 Å². The maximum atomic E-state index is 13.7. The lowest BCUT2D eigenvalue weighted by Crippen LogP contribution is -2.39. The summed E-state index contributed by atoms with van der Waals surface area (Å²) in [6.45, 7) is 5.54. The zero-order valence-electron chi connectivity index (χ0n) is 21.4. The molecule has 4 rings (SSSR count). The van der Waals surface area contributed by atoms with Gasteiger partial charge in [-0.05, 0) is 67.5 Å². The van der Waals surface area contributed by atoms with E-state index in [-0.39, 0.29) is 24.3 Å². The molecule has 4 atom stereocenters. The number of carbonyl (C=O) groups is 2. The van der Waals surface area contributed by atoms with Crippen molar-refractivity contribution in [2.45, 2.75) is 46.1 Å². The highest BCUT2D eigenvalue weighted by molar-refractivity contribution is 6.22. The lowest BCUT2D eigenvalue weighted by molar-refractivity contribution is -0.123. The Balaban J connectivity index is 1.59. The first kappa shape index (κ1) is 26.8. The van der Waals surface area contributed by atoms with Gasteiger partial charge in [0.15, 0.2) is 11.6 Å². The van der Waals surface area contributed by atoms with Gasteiger partial charge < -0.3 is 15.3 Å². The Kier molecular flexibility index (Phi) is 7.95. The van der Waals surface area contributed by atoms with Crippen LogP contribution in [0.25, 0.3) is 6.08 Å². The van der Waals surface area contributed by atoms with Crippen LogP contribution < -0.4 is 4.90 Å². The van der Waals surface area contributed by atoms with Crippen LogP contribution in [0.2, 0.25) is 0 Å². The standard InChI is InChI=1S/C30H34FNO5/c1-17(2)21-15-22-28(30(37)32(29(22)36)20-7-5-4-6-8-20)23(16-33)27(21)26(35)11-9-18(3)13-19-10-12-25(34)24(31)14-19/h4-8,10,12-14,17,22-23,26,28,33-35H,9,11,15-16H2,1-3H3/b18-13+/t22-,23+,26-,28-/m1/s1. The molecule has 3 N–H and O–H groups in total. The van der Waals surface area contributed by atoms with E-state index in [0.29, 0.717) is 36.1 Å². The predicted octanol–water partition coefficient (Wildman–Crippen LogP) is 4.85. The van der Waals surface area contributed by atoms with Crippen molar-refractivity contribution in [3.63, 3.8) is 0 Å². The Bertz CT molecular complexity index is 1240. The van der Waals surface area contributed by atoms with Gasteiger partial charge in [0.1, 0.15) is 0 Å². The normalized spacial score (nSPS) is 23.2. The third kappa shape index (κ3) is 5.24. The summed E-state index contributed by atoms with van der Waals surface area (Å²) in [4.78, 5) is 28.1. The number of phenols is 1. The van der Waals surface area contributed by atoms with Crippen LogP contribution in [0.4, 0.5) is 10.1 Å². The number of benzene rings is 2. The number of anilines is 1. The van der Waals surface area contributed by atoms with Crippen molar-refractivity contribution in [1.29, 1.82) is 0 Å². The van der Waals surface area contributed by atoms with E-state index in [2.05, 4.69) is 0 Å². The molecular formula is C30H34FNO5. The van der Waals surface area contributed by atoms with Gasteiger partial charge in [-0.3, -0.25) is 14.5 Å². The summed E-state index contributed by atoms with van der Waals surface area (Å²) >= 11 is 0. The summed E-state index contributed by atoms with van der Waals surface area (Å²) < 4.78 is 13.7. The van der Waals surface area contributed by atoms with Crippen LogP contribution in [-0.2, 0) is 9.59 Å². The third-order valence-corrected chi connectivity index (χ3v) is 7.58. The number of aliphatic hydroxyl groups excluding tert-OH is 2. The lowest BCUT2D eigenvalue weighted by atomic mass is 9.66. The summed E-state index contributed by atoms with van der Waals surface area (Å²) in [7, 11) is 0. The van der Waals surface area contributed by atoms with Crippen LogP contribution in [0.15, 0.2) is 65.3 Å². The third-order valence-electron chi connectivity index (χ3n) is 7.58. The second-order valence-corrected chi connectivity index (χ2v) is 10.4. The van der Waals surface area contributed by atoms with Gasteiger partial charge in [0.05, 0.1) is 30.2 Å². The molecule has 0 aromatic heterocycles. The number of carbonyl (C=O) groups excluding carboxylic acids is 2. The Labute approximate surface area is 216 Å². The Hall–Kier alpha value is -3.29. The fraction of sp³-hybridized carbons (Fsp3) is 0.400. The minimum absolute atomic E-state index is 0.0323. The molecule has 2 amide bonds. The molecule has 0 bridgehead atoms. The first-order valence-electron chi connectivity index (χ1n) is 12.7. The Morgan fingerprint density at radius 2 is 1.84 bits per heavy atom. The molecule has 0 radical (unpaired) electrons.